The van der Waals surface area contributed by atoms with Crippen molar-refractivity contribution in [2.24, 2.45) is 0 Å². The molecule has 0 atom stereocenters. The van der Waals surface area contributed by atoms with Gasteiger partial charge in [0, 0.05) is 5.56 Å². The Morgan fingerprint density at radius 2 is 1.95 bits per heavy atom. The molecule has 1 N–H and O–H groups in total. The SMILES string of the molecule is COc1ccc(COCc2ccccc2F)cc1C(=O)O. The van der Waals surface area contributed by atoms with Crippen LogP contribution in [0.25, 0.3) is 0 Å². The zero-order valence-electron chi connectivity index (χ0n) is 11.5. The molecule has 21 heavy (non-hydrogen) atoms. The molecule has 2 aromatic carbocycles. The molecule has 0 unspecified atom stereocenters. The topological polar surface area (TPSA) is 55.8 Å². The van der Waals surface area contributed by atoms with E-state index in [0.717, 1.165) is 0 Å². The minimum atomic E-state index is -1.07. The first kappa shape index (κ1) is 15.0. The minimum absolute atomic E-state index is 0.0736. The van der Waals surface area contributed by atoms with Crippen LogP contribution in [0.3, 0.4) is 0 Å². The van der Waals surface area contributed by atoms with Crippen LogP contribution in [0.4, 0.5) is 4.39 Å². The van der Waals surface area contributed by atoms with Gasteiger partial charge in [-0.2, -0.15) is 0 Å². The predicted octanol–water partition coefficient (Wildman–Crippen LogP) is 3.25. The summed E-state index contributed by atoms with van der Waals surface area (Å²) in [4.78, 5) is 11.1. The van der Waals surface area contributed by atoms with Crippen LogP contribution in [-0.4, -0.2) is 18.2 Å². The van der Waals surface area contributed by atoms with E-state index in [2.05, 4.69) is 0 Å². The Kier molecular flexibility index (Phi) is 4.90. The maximum absolute atomic E-state index is 13.4. The van der Waals surface area contributed by atoms with E-state index in [1.165, 1.54) is 19.2 Å². The maximum atomic E-state index is 13.4. The van der Waals surface area contributed by atoms with Crippen molar-refractivity contribution >= 4 is 5.97 Å². The average molecular weight is 290 g/mol. The van der Waals surface area contributed by atoms with Crippen LogP contribution in [0.1, 0.15) is 21.5 Å². The van der Waals surface area contributed by atoms with Crippen molar-refractivity contribution in [1.29, 1.82) is 0 Å². The fourth-order valence-electron chi connectivity index (χ4n) is 1.91. The number of hydrogen-bond donors (Lipinski definition) is 1. The highest BCUT2D eigenvalue weighted by Crippen LogP contribution is 2.20. The molecule has 4 nitrogen and oxygen atoms in total. The van der Waals surface area contributed by atoms with E-state index >= 15 is 0 Å². The summed E-state index contributed by atoms with van der Waals surface area (Å²) in [5.74, 6) is -1.10. The lowest BCUT2D eigenvalue weighted by Gasteiger charge is -2.09. The van der Waals surface area contributed by atoms with E-state index in [0.29, 0.717) is 16.9 Å². The fraction of sp³-hybridized carbons (Fsp3) is 0.188. The summed E-state index contributed by atoms with van der Waals surface area (Å²) < 4.78 is 23.8. The summed E-state index contributed by atoms with van der Waals surface area (Å²) >= 11 is 0. The van der Waals surface area contributed by atoms with Gasteiger partial charge in [-0.1, -0.05) is 24.3 Å². The summed E-state index contributed by atoms with van der Waals surface area (Å²) in [5.41, 5.74) is 1.22. The second-order valence-electron chi connectivity index (χ2n) is 4.42. The number of benzene rings is 2. The van der Waals surface area contributed by atoms with Gasteiger partial charge in [-0.15, -0.1) is 0 Å². The predicted molar refractivity (Wildman–Crippen MR) is 74.8 cm³/mol. The molecule has 5 heteroatoms. The molecule has 0 bridgehead atoms. The van der Waals surface area contributed by atoms with Crippen LogP contribution in [0.2, 0.25) is 0 Å². The van der Waals surface area contributed by atoms with E-state index < -0.39 is 5.97 Å². The Labute approximate surface area is 121 Å². The number of ether oxygens (including phenoxy) is 2. The third-order valence-electron chi connectivity index (χ3n) is 2.98. The van der Waals surface area contributed by atoms with Gasteiger partial charge >= 0.3 is 5.97 Å². The smallest absolute Gasteiger partial charge is 0.339 e. The fourth-order valence-corrected chi connectivity index (χ4v) is 1.91. The number of hydrogen-bond acceptors (Lipinski definition) is 3. The van der Waals surface area contributed by atoms with Gasteiger partial charge < -0.3 is 14.6 Å². The zero-order valence-corrected chi connectivity index (χ0v) is 11.5. The van der Waals surface area contributed by atoms with Crippen LogP contribution in [-0.2, 0) is 18.0 Å². The van der Waals surface area contributed by atoms with E-state index in [1.807, 2.05) is 0 Å². The van der Waals surface area contributed by atoms with Crippen molar-refractivity contribution in [2.75, 3.05) is 7.11 Å². The lowest BCUT2D eigenvalue weighted by atomic mass is 10.1. The molecule has 0 heterocycles. The Morgan fingerprint density at radius 1 is 1.19 bits per heavy atom. The summed E-state index contributed by atoms with van der Waals surface area (Å²) in [6.07, 6.45) is 0. The van der Waals surface area contributed by atoms with Gasteiger partial charge in [0.25, 0.3) is 0 Å². The van der Waals surface area contributed by atoms with Crippen molar-refractivity contribution in [2.45, 2.75) is 13.2 Å². The second kappa shape index (κ2) is 6.85. The standard InChI is InChI=1S/C16H15FO4/c1-20-15-7-6-11(8-13(15)16(18)19)9-21-10-12-4-2-3-5-14(12)17/h2-8H,9-10H2,1H3,(H,18,19). The van der Waals surface area contributed by atoms with E-state index in [-0.39, 0.29) is 24.6 Å². The number of halogens is 1. The van der Waals surface area contributed by atoms with Gasteiger partial charge in [0.1, 0.15) is 17.1 Å². The third-order valence-corrected chi connectivity index (χ3v) is 2.98. The van der Waals surface area contributed by atoms with E-state index in [4.69, 9.17) is 14.6 Å². The largest absolute Gasteiger partial charge is 0.496 e. The van der Waals surface area contributed by atoms with Crippen LogP contribution in [0.5, 0.6) is 5.75 Å². The maximum Gasteiger partial charge on any atom is 0.339 e. The van der Waals surface area contributed by atoms with E-state index in [9.17, 15) is 9.18 Å². The molecule has 0 aliphatic carbocycles. The molecular weight excluding hydrogens is 275 g/mol. The average Bonchev–Trinajstić information content (AvgIpc) is 2.49. The summed E-state index contributed by atoms with van der Waals surface area (Å²) in [6, 6.07) is 11.1. The number of methoxy groups -OCH3 is 1. The molecular formula is C16H15FO4. The van der Waals surface area contributed by atoms with Gasteiger partial charge in [-0.3, -0.25) is 0 Å². The van der Waals surface area contributed by atoms with Crippen molar-refractivity contribution < 1.29 is 23.8 Å². The lowest BCUT2D eigenvalue weighted by Crippen LogP contribution is -2.03. The van der Waals surface area contributed by atoms with Gasteiger partial charge in [-0.05, 0) is 23.8 Å². The highest BCUT2D eigenvalue weighted by atomic mass is 19.1. The molecule has 0 amide bonds. The quantitative estimate of drug-likeness (QED) is 0.887. The molecule has 0 saturated heterocycles. The van der Waals surface area contributed by atoms with Crippen LogP contribution < -0.4 is 4.74 Å². The number of carboxylic acids is 1. The highest BCUT2D eigenvalue weighted by Gasteiger charge is 2.11. The number of aromatic carboxylic acids is 1. The normalized spacial score (nSPS) is 10.4. The molecule has 2 rings (SSSR count). The summed E-state index contributed by atoms with van der Waals surface area (Å²) in [6.45, 7) is 0.319. The number of carbonyl (C=O) groups is 1. The molecule has 110 valence electrons. The van der Waals surface area contributed by atoms with Crippen molar-refractivity contribution in [3.05, 3.63) is 65.0 Å². The van der Waals surface area contributed by atoms with Gasteiger partial charge in [0.05, 0.1) is 20.3 Å². The molecule has 0 fully saturated rings. The van der Waals surface area contributed by atoms with Crippen LogP contribution in [0.15, 0.2) is 42.5 Å². The Hall–Kier alpha value is -2.40. The summed E-state index contributed by atoms with van der Waals surface area (Å²) in [7, 11) is 1.41. The summed E-state index contributed by atoms with van der Waals surface area (Å²) in [5, 5.41) is 9.09. The molecule has 0 spiro atoms. The van der Waals surface area contributed by atoms with Crippen molar-refractivity contribution in [3.8, 4) is 5.75 Å². The van der Waals surface area contributed by atoms with Crippen molar-refractivity contribution in [1.82, 2.24) is 0 Å². The molecule has 0 aliphatic heterocycles. The first-order valence-corrected chi connectivity index (χ1v) is 6.33. The number of rotatable bonds is 6. The van der Waals surface area contributed by atoms with Gasteiger partial charge in [0.2, 0.25) is 0 Å². The zero-order chi connectivity index (χ0) is 15.2. The second-order valence-corrected chi connectivity index (χ2v) is 4.42. The van der Waals surface area contributed by atoms with Gasteiger partial charge in [-0.25, -0.2) is 9.18 Å². The third kappa shape index (κ3) is 3.79. The minimum Gasteiger partial charge on any atom is -0.496 e. The monoisotopic (exact) mass is 290 g/mol. The van der Waals surface area contributed by atoms with Crippen molar-refractivity contribution in [3.63, 3.8) is 0 Å². The van der Waals surface area contributed by atoms with Gasteiger partial charge in [0.15, 0.2) is 0 Å². The molecule has 0 aromatic heterocycles. The first-order chi connectivity index (χ1) is 10.1. The Bertz CT molecular complexity index is 640. The van der Waals surface area contributed by atoms with Crippen LogP contribution >= 0.6 is 0 Å². The molecule has 2 aromatic rings. The lowest BCUT2D eigenvalue weighted by molar-refractivity contribution is 0.0692. The number of carboxylic acid groups (broad SMARTS) is 1. The Morgan fingerprint density at radius 3 is 2.62 bits per heavy atom. The molecule has 0 radical (unpaired) electrons. The molecule has 0 aliphatic rings. The van der Waals surface area contributed by atoms with E-state index in [1.54, 1.807) is 30.3 Å². The molecule has 0 saturated carbocycles. The first-order valence-electron chi connectivity index (χ1n) is 6.33. The Balaban J connectivity index is 2.02. The highest BCUT2D eigenvalue weighted by molar-refractivity contribution is 5.91. The van der Waals surface area contributed by atoms with Crippen LogP contribution in [0, 0.1) is 5.82 Å².